The van der Waals surface area contributed by atoms with E-state index >= 15 is 0 Å². The number of aromatic carboxylic acids is 1. The molecule has 0 saturated carbocycles. The highest BCUT2D eigenvalue weighted by Gasteiger charge is 2.31. The summed E-state index contributed by atoms with van der Waals surface area (Å²) in [6.07, 6.45) is 0. The van der Waals surface area contributed by atoms with Crippen LogP contribution in [0.2, 0.25) is 0 Å². The summed E-state index contributed by atoms with van der Waals surface area (Å²) >= 11 is 0. The third-order valence-electron chi connectivity index (χ3n) is 3.34. The molecule has 1 unspecified atom stereocenters. The highest BCUT2D eigenvalue weighted by atomic mass is 16.4. The van der Waals surface area contributed by atoms with Crippen molar-refractivity contribution in [2.24, 2.45) is 20.7 Å². The number of nitrogens with one attached hydrogen (secondary N) is 2. The van der Waals surface area contributed by atoms with Gasteiger partial charge in [0.25, 0.3) is 5.91 Å². The number of carboxylic acid groups (broad SMARTS) is 1. The Labute approximate surface area is 131 Å². The zero-order valence-corrected chi connectivity index (χ0v) is 12.0. The first-order chi connectivity index (χ1) is 11.0. The number of carboxylic acids is 1. The largest absolute Gasteiger partial charge is 0.478 e. The number of carbonyl (C=O) groups is 2. The van der Waals surface area contributed by atoms with Gasteiger partial charge in [0, 0.05) is 5.69 Å². The minimum Gasteiger partial charge on any atom is -0.478 e. The molecule has 1 atom stereocenters. The van der Waals surface area contributed by atoms with Gasteiger partial charge >= 0.3 is 5.97 Å². The molecule has 0 bridgehead atoms. The molecule has 0 fully saturated rings. The first-order valence-electron chi connectivity index (χ1n) is 6.85. The van der Waals surface area contributed by atoms with Crippen molar-refractivity contribution in [1.82, 2.24) is 5.32 Å². The fraction of sp³-hybridized carbons (Fsp3) is 0.214. The fourth-order valence-corrected chi connectivity index (χ4v) is 2.19. The van der Waals surface area contributed by atoms with Gasteiger partial charge in [0.15, 0.2) is 11.9 Å². The lowest BCUT2D eigenvalue weighted by molar-refractivity contribution is -0.119. The van der Waals surface area contributed by atoms with Gasteiger partial charge in [-0.15, -0.1) is 0 Å². The minimum atomic E-state index is -0.974. The zero-order valence-electron chi connectivity index (χ0n) is 12.0. The van der Waals surface area contributed by atoms with Crippen LogP contribution in [0.15, 0.2) is 39.2 Å². The topological polar surface area (TPSA) is 142 Å². The van der Waals surface area contributed by atoms with Crippen molar-refractivity contribution in [3.63, 3.8) is 0 Å². The van der Waals surface area contributed by atoms with Crippen molar-refractivity contribution < 1.29 is 14.7 Å². The van der Waals surface area contributed by atoms with Gasteiger partial charge in [-0.2, -0.15) is 4.99 Å². The van der Waals surface area contributed by atoms with E-state index in [1.807, 2.05) is 0 Å². The zero-order chi connectivity index (χ0) is 16.4. The van der Waals surface area contributed by atoms with Crippen molar-refractivity contribution >= 4 is 35.1 Å². The maximum absolute atomic E-state index is 11.8. The highest BCUT2D eigenvalue weighted by molar-refractivity contribution is 6.21. The molecule has 23 heavy (non-hydrogen) atoms. The van der Waals surface area contributed by atoms with E-state index in [1.54, 1.807) is 12.1 Å². The Bertz CT molecular complexity index is 750. The molecule has 9 nitrogen and oxygen atoms in total. The SMILES string of the molecule is NC1=NC2=NCC(CNc3ccc(C(=O)O)cc3)=NC2C(=O)N1. The third-order valence-corrected chi connectivity index (χ3v) is 3.34. The minimum absolute atomic E-state index is 0.0281. The van der Waals surface area contributed by atoms with Gasteiger partial charge in [-0.1, -0.05) is 0 Å². The van der Waals surface area contributed by atoms with Crippen LogP contribution in [0.1, 0.15) is 10.4 Å². The number of amidine groups is 1. The molecule has 0 radical (unpaired) electrons. The van der Waals surface area contributed by atoms with Crippen LogP contribution in [0.25, 0.3) is 0 Å². The van der Waals surface area contributed by atoms with E-state index < -0.39 is 12.0 Å². The summed E-state index contributed by atoms with van der Waals surface area (Å²) in [5, 5.41) is 14.4. The Kier molecular flexibility index (Phi) is 3.75. The summed E-state index contributed by atoms with van der Waals surface area (Å²) in [7, 11) is 0. The summed E-state index contributed by atoms with van der Waals surface area (Å²) < 4.78 is 0. The lowest BCUT2D eigenvalue weighted by Gasteiger charge is -2.22. The van der Waals surface area contributed by atoms with Crippen LogP contribution in [0, 0.1) is 0 Å². The Morgan fingerprint density at radius 3 is 2.83 bits per heavy atom. The van der Waals surface area contributed by atoms with Gasteiger partial charge in [0.1, 0.15) is 0 Å². The molecule has 0 aromatic heterocycles. The number of rotatable bonds is 4. The number of aliphatic imine (C=N–C) groups is 3. The number of anilines is 1. The van der Waals surface area contributed by atoms with E-state index in [0.717, 1.165) is 5.69 Å². The van der Waals surface area contributed by atoms with Crippen LogP contribution in [0.3, 0.4) is 0 Å². The summed E-state index contributed by atoms with van der Waals surface area (Å²) in [6, 6.07) is 5.59. The highest BCUT2D eigenvalue weighted by Crippen LogP contribution is 2.11. The molecule has 0 aliphatic carbocycles. The standard InChI is InChI=1S/C14H14N6O3/c15-14-19-11-10(12(21)20-14)18-9(6-17-11)5-16-8-3-1-7(2-4-8)13(22)23/h1-4,10,16H,5-6H2,(H,22,23)(H3,15,17,19,20,21). The average molecular weight is 314 g/mol. The van der Waals surface area contributed by atoms with E-state index in [4.69, 9.17) is 10.8 Å². The lowest BCUT2D eigenvalue weighted by Crippen LogP contribution is -2.51. The number of hydrogen-bond donors (Lipinski definition) is 4. The molecule has 118 valence electrons. The van der Waals surface area contributed by atoms with Crippen molar-refractivity contribution in [3.05, 3.63) is 29.8 Å². The molecule has 2 heterocycles. The predicted octanol–water partition coefficient (Wildman–Crippen LogP) is -0.537. The van der Waals surface area contributed by atoms with E-state index in [0.29, 0.717) is 24.6 Å². The third kappa shape index (κ3) is 3.18. The maximum Gasteiger partial charge on any atom is 0.335 e. The van der Waals surface area contributed by atoms with E-state index in [9.17, 15) is 9.59 Å². The monoisotopic (exact) mass is 314 g/mol. The Morgan fingerprint density at radius 1 is 1.39 bits per heavy atom. The number of amides is 1. The number of nitrogens with two attached hydrogens (primary N) is 1. The first kappa shape index (κ1) is 14.7. The molecule has 2 aliphatic heterocycles. The van der Waals surface area contributed by atoms with E-state index in [-0.39, 0.29) is 17.4 Å². The molecule has 3 rings (SSSR count). The van der Waals surface area contributed by atoms with Crippen LogP contribution in [-0.2, 0) is 4.79 Å². The quantitative estimate of drug-likeness (QED) is 0.590. The fourth-order valence-electron chi connectivity index (χ4n) is 2.19. The molecule has 1 amide bonds. The first-order valence-corrected chi connectivity index (χ1v) is 6.85. The van der Waals surface area contributed by atoms with Crippen molar-refractivity contribution in [3.8, 4) is 0 Å². The smallest absolute Gasteiger partial charge is 0.335 e. The second-order valence-electron chi connectivity index (χ2n) is 4.99. The number of fused-ring (bicyclic) bond motifs is 1. The van der Waals surface area contributed by atoms with Gasteiger partial charge in [0.2, 0.25) is 5.96 Å². The molecule has 9 heteroatoms. The summed E-state index contributed by atoms with van der Waals surface area (Å²) in [5.41, 5.74) is 7.14. The Hall–Kier alpha value is -3.23. The molecule has 2 aliphatic rings. The average Bonchev–Trinajstić information content (AvgIpc) is 2.53. The summed E-state index contributed by atoms with van der Waals surface area (Å²) in [5.74, 6) is -0.974. The second kappa shape index (κ2) is 5.87. The van der Waals surface area contributed by atoms with Crippen LogP contribution in [0.5, 0.6) is 0 Å². The van der Waals surface area contributed by atoms with Crippen LogP contribution < -0.4 is 16.4 Å². The van der Waals surface area contributed by atoms with Gasteiger partial charge < -0.3 is 16.2 Å². The molecule has 0 spiro atoms. The predicted molar refractivity (Wildman–Crippen MR) is 85.2 cm³/mol. The number of hydrogen-bond acceptors (Lipinski definition) is 7. The van der Waals surface area contributed by atoms with Crippen molar-refractivity contribution in [2.75, 3.05) is 18.4 Å². The summed E-state index contributed by atoms with van der Waals surface area (Å²) in [6.45, 7) is 0.724. The molecule has 1 aromatic rings. The molecule has 0 saturated heterocycles. The van der Waals surface area contributed by atoms with Crippen LogP contribution >= 0.6 is 0 Å². The van der Waals surface area contributed by atoms with Gasteiger partial charge in [-0.3, -0.25) is 20.1 Å². The van der Waals surface area contributed by atoms with E-state index in [2.05, 4.69) is 25.6 Å². The number of guanidine groups is 1. The number of carbonyl (C=O) groups excluding carboxylic acids is 1. The van der Waals surface area contributed by atoms with E-state index in [1.165, 1.54) is 12.1 Å². The Balaban J connectivity index is 1.65. The number of benzene rings is 1. The van der Waals surface area contributed by atoms with Gasteiger partial charge in [0.05, 0.1) is 24.4 Å². The Morgan fingerprint density at radius 2 is 2.13 bits per heavy atom. The van der Waals surface area contributed by atoms with Crippen LogP contribution in [-0.4, -0.2) is 53.6 Å². The van der Waals surface area contributed by atoms with Crippen LogP contribution in [0.4, 0.5) is 5.69 Å². The molecule has 5 N–H and O–H groups in total. The number of nitrogens with zero attached hydrogens (tertiary/aromatic N) is 3. The van der Waals surface area contributed by atoms with Gasteiger partial charge in [-0.05, 0) is 24.3 Å². The summed E-state index contributed by atoms with van der Waals surface area (Å²) in [4.78, 5) is 35.1. The normalized spacial score (nSPS) is 19.7. The van der Waals surface area contributed by atoms with Crippen molar-refractivity contribution in [1.29, 1.82) is 0 Å². The molecule has 1 aromatic carbocycles. The molecular formula is C14H14N6O3. The molecular weight excluding hydrogens is 300 g/mol. The van der Waals surface area contributed by atoms with Gasteiger partial charge in [-0.25, -0.2) is 4.79 Å². The maximum atomic E-state index is 11.8. The second-order valence-corrected chi connectivity index (χ2v) is 4.99. The lowest BCUT2D eigenvalue weighted by atomic mass is 10.1. The van der Waals surface area contributed by atoms with Crippen molar-refractivity contribution in [2.45, 2.75) is 6.04 Å².